The number of carbonyl (C=O) groups excluding carboxylic acids is 2. The van der Waals surface area contributed by atoms with E-state index in [4.69, 9.17) is 5.11 Å². The van der Waals surface area contributed by atoms with E-state index in [-0.39, 0.29) is 18.3 Å². The molecule has 0 bridgehead atoms. The summed E-state index contributed by atoms with van der Waals surface area (Å²) in [6.45, 7) is 1.91. The summed E-state index contributed by atoms with van der Waals surface area (Å²) in [5.74, 6) is -0.350. The number of ketones is 1. The number of H-pyrrole nitrogens is 1. The number of Topliss-reactive ketones (excluding diaryl/α,β-unsaturated/α-hetero) is 1. The monoisotopic (exact) mass is 210 g/mol. The topological polar surface area (TPSA) is 82.2 Å². The zero-order valence-corrected chi connectivity index (χ0v) is 8.54. The van der Waals surface area contributed by atoms with E-state index in [9.17, 15) is 9.59 Å². The van der Waals surface area contributed by atoms with Crippen molar-refractivity contribution in [3.63, 3.8) is 0 Å². The molecule has 0 atom stereocenters. The molecule has 0 radical (unpaired) electrons. The van der Waals surface area contributed by atoms with Gasteiger partial charge in [0.25, 0.3) is 5.91 Å². The molecule has 0 saturated carbocycles. The third-order valence-electron chi connectivity index (χ3n) is 1.95. The molecule has 0 aromatic carbocycles. The zero-order chi connectivity index (χ0) is 11.3. The second kappa shape index (κ2) is 5.31. The van der Waals surface area contributed by atoms with Crippen LogP contribution >= 0.6 is 0 Å². The summed E-state index contributed by atoms with van der Waals surface area (Å²) in [6.07, 6.45) is 2.02. The molecule has 0 saturated heterocycles. The fourth-order valence-corrected chi connectivity index (χ4v) is 1.10. The number of aliphatic hydroxyl groups excluding tert-OH is 1. The molecule has 1 heterocycles. The summed E-state index contributed by atoms with van der Waals surface area (Å²) < 4.78 is 0. The Morgan fingerprint density at radius 2 is 2.27 bits per heavy atom. The average Bonchev–Trinajstić information content (AvgIpc) is 2.66. The van der Waals surface area contributed by atoms with Gasteiger partial charge in [-0.05, 0) is 19.4 Å². The Labute approximate surface area is 87.5 Å². The number of hydrogen-bond donors (Lipinski definition) is 3. The van der Waals surface area contributed by atoms with E-state index in [2.05, 4.69) is 10.3 Å². The van der Waals surface area contributed by atoms with Gasteiger partial charge in [0.15, 0.2) is 5.78 Å². The van der Waals surface area contributed by atoms with Crippen LogP contribution in [0.15, 0.2) is 12.3 Å². The second-order valence-electron chi connectivity index (χ2n) is 3.19. The maximum atomic E-state index is 11.4. The van der Waals surface area contributed by atoms with E-state index in [1.807, 2.05) is 0 Å². The molecule has 1 amide bonds. The lowest BCUT2D eigenvalue weighted by atomic mass is 10.2. The number of aromatic nitrogens is 1. The molecule has 0 unspecified atom stereocenters. The Morgan fingerprint density at radius 3 is 2.80 bits per heavy atom. The summed E-state index contributed by atoms with van der Waals surface area (Å²) in [5, 5.41) is 11.1. The average molecular weight is 210 g/mol. The minimum absolute atomic E-state index is 0.0453. The zero-order valence-electron chi connectivity index (χ0n) is 8.54. The van der Waals surface area contributed by atoms with E-state index in [0.717, 1.165) is 0 Å². The van der Waals surface area contributed by atoms with Crippen LogP contribution in [0.3, 0.4) is 0 Å². The molecule has 1 rings (SSSR count). The highest BCUT2D eigenvalue weighted by Gasteiger charge is 2.09. The fraction of sp³-hybridized carbons (Fsp3) is 0.400. The Kier molecular flexibility index (Phi) is 4.05. The Morgan fingerprint density at radius 1 is 1.53 bits per heavy atom. The van der Waals surface area contributed by atoms with Crippen LogP contribution in [0.25, 0.3) is 0 Å². The maximum absolute atomic E-state index is 11.4. The van der Waals surface area contributed by atoms with Crippen molar-refractivity contribution in [2.75, 3.05) is 13.2 Å². The largest absolute Gasteiger partial charge is 0.396 e. The van der Waals surface area contributed by atoms with E-state index in [1.165, 1.54) is 19.2 Å². The molecule has 0 fully saturated rings. The van der Waals surface area contributed by atoms with Crippen LogP contribution in [0.2, 0.25) is 0 Å². The van der Waals surface area contributed by atoms with Crippen LogP contribution < -0.4 is 5.32 Å². The number of rotatable bonds is 5. The number of aromatic amines is 1. The standard InChI is InChI=1S/C10H14N2O3/c1-7(14)8-5-9(12-6-8)10(15)11-3-2-4-13/h5-6,12-13H,2-4H2,1H3,(H,11,15). The highest BCUT2D eigenvalue weighted by molar-refractivity contribution is 5.98. The number of hydrogen-bond acceptors (Lipinski definition) is 3. The van der Waals surface area contributed by atoms with E-state index >= 15 is 0 Å². The summed E-state index contributed by atoms with van der Waals surface area (Å²) in [7, 11) is 0. The molecule has 82 valence electrons. The predicted octanol–water partition coefficient (Wildman–Crippen LogP) is 0.330. The first-order chi connectivity index (χ1) is 7.15. The highest BCUT2D eigenvalue weighted by atomic mass is 16.3. The molecular formula is C10H14N2O3. The minimum atomic E-state index is -0.268. The van der Waals surface area contributed by atoms with Crippen LogP contribution in [-0.4, -0.2) is 34.9 Å². The lowest BCUT2D eigenvalue weighted by Crippen LogP contribution is -2.25. The van der Waals surface area contributed by atoms with Crippen LogP contribution in [-0.2, 0) is 0 Å². The molecule has 3 N–H and O–H groups in total. The van der Waals surface area contributed by atoms with E-state index in [0.29, 0.717) is 24.2 Å². The smallest absolute Gasteiger partial charge is 0.267 e. The summed E-state index contributed by atoms with van der Waals surface area (Å²) in [6, 6.07) is 1.51. The molecule has 0 aliphatic heterocycles. The van der Waals surface area contributed by atoms with Gasteiger partial charge in [-0.1, -0.05) is 0 Å². The van der Waals surface area contributed by atoms with Gasteiger partial charge in [-0.3, -0.25) is 9.59 Å². The Bertz CT molecular complexity index is 357. The van der Waals surface area contributed by atoms with Gasteiger partial charge in [-0.25, -0.2) is 0 Å². The maximum Gasteiger partial charge on any atom is 0.267 e. The predicted molar refractivity (Wildman–Crippen MR) is 54.8 cm³/mol. The molecule has 0 spiro atoms. The molecular weight excluding hydrogens is 196 g/mol. The summed E-state index contributed by atoms with van der Waals surface area (Å²) in [5.41, 5.74) is 0.848. The van der Waals surface area contributed by atoms with Crippen molar-refractivity contribution >= 4 is 11.7 Å². The molecule has 0 aliphatic rings. The third kappa shape index (κ3) is 3.21. The van der Waals surface area contributed by atoms with E-state index in [1.54, 1.807) is 0 Å². The van der Waals surface area contributed by atoms with Crippen LogP contribution in [0.1, 0.15) is 34.2 Å². The van der Waals surface area contributed by atoms with Gasteiger partial charge in [0.2, 0.25) is 0 Å². The molecule has 0 aliphatic carbocycles. The van der Waals surface area contributed by atoms with Crippen molar-refractivity contribution in [1.29, 1.82) is 0 Å². The van der Waals surface area contributed by atoms with Crippen LogP contribution in [0, 0.1) is 0 Å². The van der Waals surface area contributed by atoms with Crippen molar-refractivity contribution in [2.24, 2.45) is 0 Å². The highest BCUT2D eigenvalue weighted by Crippen LogP contribution is 2.03. The lowest BCUT2D eigenvalue weighted by Gasteiger charge is -2.00. The molecule has 5 nitrogen and oxygen atoms in total. The van der Waals surface area contributed by atoms with Crippen molar-refractivity contribution in [2.45, 2.75) is 13.3 Å². The van der Waals surface area contributed by atoms with Gasteiger partial charge in [-0.15, -0.1) is 0 Å². The molecule has 5 heteroatoms. The van der Waals surface area contributed by atoms with Crippen LogP contribution in [0.5, 0.6) is 0 Å². The van der Waals surface area contributed by atoms with Gasteiger partial charge in [0.1, 0.15) is 5.69 Å². The first kappa shape index (κ1) is 11.5. The van der Waals surface area contributed by atoms with Gasteiger partial charge >= 0.3 is 0 Å². The Balaban J connectivity index is 2.54. The van der Waals surface area contributed by atoms with E-state index < -0.39 is 0 Å². The number of carbonyl (C=O) groups is 2. The summed E-state index contributed by atoms with van der Waals surface area (Å²) >= 11 is 0. The van der Waals surface area contributed by atoms with Gasteiger partial charge in [-0.2, -0.15) is 0 Å². The SMILES string of the molecule is CC(=O)c1c[nH]c(C(=O)NCCCO)c1. The van der Waals surface area contributed by atoms with Gasteiger partial charge in [0, 0.05) is 24.9 Å². The Hall–Kier alpha value is -1.62. The first-order valence-electron chi connectivity index (χ1n) is 4.73. The molecule has 15 heavy (non-hydrogen) atoms. The second-order valence-corrected chi connectivity index (χ2v) is 3.19. The van der Waals surface area contributed by atoms with Crippen molar-refractivity contribution in [3.05, 3.63) is 23.5 Å². The quantitative estimate of drug-likeness (QED) is 0.484. The fourth-order valence-electron chi connectivity index (χ4n) is 1.10. The van der Waals surface area contributed by atoms with Crippen molar-refractivity contribution < 1.29 is 14.7 Å². The third-order valence-corrected chi connectivity index (χ3v) is 1.95. The lowest BCUT2D eigenvalue weighted by molar-refractivity contribution is 0.0946. The normalized spacial score (nSPS) is 10.0. The molecule has 1 aromatic rings. The van der Waals surface area contributed by atoms with Gasteiger partial charge < -0.3 is 15.4 Å². The number of nitrogens with one attached hydrogen (secondary N) is 2. The molecule has 1 aromatic heterocycles. The number of amides is 1. The first-order valence-corrected chi connectivity index (χ1v) is 4.73. The van der Waals surface area contributed by atoms with Gasteiger partial charge in [0.05, 0.1) is 0 Å². The van der Waals surface area contributed by atoms with Crippen molar-refractivity contribution in [1.82, 2.24) is 10.3 Å². The van der Waals surface area contributed by atoms with Crippen LogP contribution in [0.4, 0.5) is 0 Å². The van der Waals surface area contributed by atoms with Crippen molar-refractivity contribution in [3.8, 4) is 0 Å². The number of aliphatic hydroxyl groups is 1. The minimum Gasteiger partial charge on any atom is -0.396 e. The summed E-state index contributed by atoms with van der Waals surface area (Å²) in [4.78, 5) is 25.1.